The van der Waals surface area contributed by atoms with Crippen molar-refractivity contribution < 1.29 is 4.74 Å². The molecule has 1 unspecified atom stereocenters. The van der Waals surface area contributed by atoms with Crippen LogP contribution in [0.15, 0.2) is 24.3 Å². The quantitative estimate of drug-likeness (QED) is 0.578. The summed E-state index contributed by atoms with van der Waals surface area (Å²) in [4.78, 5) is 0. The largest absolute Gasteiger partial charge is 0.374 e. The summed E-state index contributed by atoms with van der Waals surface area (Å²) >= 11 is 0. The van der Waals surface area contributed by atoms with Gasteiger partial charge in [-0.2, -0.15) is 0 Å². The summed E-state index contributed by atoms with van der Waals surface area (Å²) < 4.78 is 5.77. The highest BCUT2D eigenvalue weighted by atomic mass is 16.5. The molecule has 1 aromatic rings. The summed E-state index contributed by atoms with van der Waals surface area (Å²) in [5.74, 6) is 5.69. The van der Waals surface area contributed by atoms with E-state index in [0.29, 0.717) is 6.61 Å². The van der Waals surface area contributed by atoms with Gasteiger partial charge in [0.1, 0.15) is 0 Å². The van der Waals surface area contributed by atoms with Gasteiger partial charge in [-0.25, -0.2) is 0 Å². The molecule has 1 rings (SSSR count). The Bertz CT molecular complexity index is 346. The number of hydrogen-bond acceptors (Lipinski definition) is 3. The van der Waals surface area contributed by atoms with Crippen LogP contribution in [0.25, 0.3) is 0 Å². The monoisotopic (exact) mass is 250 g/mol. The van der Waals surface area contributed by atoms with E-state index in [2.05, 4.69) is 50.5 Å². The molecule has 0 amide bonds. The Morgan fingerprint density at radius 2 is 1.83 bits per heavy atom. The van der Waals surface area contributed by atoms with E-state index in [1.165, 1.54) is 12.0 Å². The van der Waals surface area contributed by atoms with Gasteiger partial charge in [0.15, 0.2) is 0 Å². The van der Waals surface area contributed by atoms with Crippen LogP contribution in [-0.4, -0.2) is 12.2 Å². The Morgan fingerprint density at radius 3 is 2.28 bits per heavy atom. The zero-order chi connectivity index (χ0) is 13.6. The highest BCUT2D eigenvalue weighted by Gasteiger charge is 2.30. The molecule has 0 fully saturated rings. The van der Waals surface area contributed by atoms with Crippen LogP contribution in [0.4, 0.5) is 0 Å². The second-order valence-electron chi connectivity index (χ2n) is 5.13. The summed E-state index contributed by atoms with van der Waals surface area (Å²) in [7, 11) is 0. The zero-order valence-electron chi connectivity index (χ0n) is 12.0. The molecule has 18 heavy (non-hydrogen) atoms. The average Bonchev–Trinajstić information content (AvgIpc) is 2.32. The van der Waals surface area contributed by atoms with E-state index in [1.807, 2.05) is 6.92 Å². The van der Waals surface area contributed by atoms with Crippen molar-refractivity contribution in [2.75, 3.05) is 6.61 Å². The molecule has 0 saturated heterocycles. The molecule has 3 N–H and O–H groups in total. The van der Waals surface area contributed by atoms with Crippen LogP contribution >= 0.6 is 0 Å². The molecule has 0 bridgehead atoms. The second kappa shape index (κ2) is 6.88. The first-order chi connectivity index (χ1) is 8.55. The van der Waals surface area contributed by atoms with Crippen LogP contribution in [-0.2, 0) is 11.2 Å². The molecular formula is C15H26N2O. The fourth-order valence-corrected chi connectivity index (χ4v) is 2.32. The zero-order valence-corrected chi connectivity index (χ0v) is 12.0. The maximum Gasteiger partial charge on any atom is 0.0833 e. The third-order valence-corrected chi connectivity index (χ3v) is 3.23. The van der Waals surface area contributed by atoms with E-state index in [4.69, 9.17) is 10.6 Å². The molecule has 102 valence electrons. The minimum absolute atomic E-state index is 0.00636. The lowest BCUT2D eigenvalue weighted by Gasteiger charge is -2.34. The molecule has 0 saturated carbocycles. The molecule has 0 aliphatic heterocycles. The summed E-state index contributed by atoms with van der Waals surface area (Å²) in [6.07, 6.45) is 2.29. The van der Waals surface area contributed by atoms with Crippen LogP contribution in [0.3, 0.4) is 0 Å². The number of nitrogens with two attached hydrogens (primary N) is 1. The number of rotatable bonds is 7. The van der Waals surface area contributed by atoms with Crippen molar-refractivity contribution in [2.45, 2.75) is 52.2 Å². The third kappa shape index (κ3) is 3.80. The van der Waals surface area contributed by atoms with Crippen molar-refractivity contribution in [2.24, 2.45) is 5.84 Å². The van der Waals surface area contributed by atoms with Gasteiger partial charge in [-0.05, 0) is 38.3 Å². The highest BCUT2D eigenvalue weighted by Crippen LogP contribution is 2.28. The third-order valence-electron chi connectivity index (χ3n) is 3.23. The van der Waals surface area contributed by atoms with Gasteiger partial charge in [-0.3, -0.25) is 11.3 Å². The molecule has 1 atom stereocenters. The van der Waals surface area contributed by atoms with Crippen molar-refractivity contribution in [1.82, 2.24) is 5.43 Å². The Labute approximate surface area is 111 Å². The molecule has 0 spiro atoms. The SMILES string of the molecule is CCCc1ccc(C(NN)C(C)(C)OCC)cc1. The Morgan fingerprint density at radius 1 is 1.22 bits per heavy atom. The topological polar surface area (TPSA) is 47.3 Å². The van der Waals surface area contributed by atoms with E-state index in [1.54, 1.807) is 0 Å². The predicted molar refractivity (Wildman–Crippen MR) is 76.2 cm³/mol. The first-order valence-electron chi connectivity index (χ1n) is 6.74. The standard InChI is InChI=1S/C15H26N2O/c1-5-7-12-8-10-13(11-9-12)14(17-16)15(3,4)18-6-2/h8-11,14,17H,5-7,16H2,1-4H3. The van der Waals surface area contributed by atoms with Crippen LogP contribution in [0, 0.1) is 0 Å². The first kappa shape index (κ1) is 15.2. The van der Waals surface area contributed by atoms with Crippen LogP contribution in [0.1, 0.15) is 51.3 Å². The normalized spacial score (nSPS) is 13.6. The van der Waals surface area contributed by atoms with E-state index in [0.717, 1.165) is 12.0 Å². The van der Waals surface area contributed by atoms with E-state index in [-0.39, 0.29) is 11.6 Å². The van der Waals surface area contributed by atoms with Crippen molar-refractivity contribution >= 4 is 0 Å². The molecule has 3 heteroatoms. The molecule has 0 aliphatic carbocycles. The molecule has 1 aromatic carbocycles. The van der Waals surface area contributed by atoms with Gasteiger partial charge in [0.25, 0.3) is 0 Å². The molecule has 0 aliphatic rings. The maximum absolute atomic E-state index is 5.77. The second-order valence-corrected chi connectivity index (χ2v) is 5.13. The lowest BCUT2D eigenvalue weighted by Crippen LogP contribution is -2.44. The first-order valence-corrected chi connectivity index (χ1v) is 6.74. The summed E-state index contributed by atoms with van der Waals surface area (Å²) in [6, 6.07) is 8.61. The van der Waals surface area contributed by atoms with Crippen molar-refractivity contribution in [3.63, 3.8) is 0 Å². The molecular weight excluding hydrogens is 224 g/mol. The average molecular weight is 250 g/mol. The fourth-order valence-electron chi connectivity index (χ4n) is 2.32. The molecule has 0 radical (unpaired) electrons. The van der Waals surface area contributed by atoms with Crippen molar-refractivity contribution in [1.29, 1.82) is 0 Å². The smallest absolute Gasteiger partial charge is 0.0833 e. The van der Waals surface area contributed by atoms with Gasteiger partial charge in [0.2, 0.25) is 0 Å². The van der Waals surface area contributed by atoms with Gasteiger partial charge in [0, 0.05) is 6.61 Å². The number of aryl methyl sites for hydroxylation is 1. The van der Waals surface area contributed by atoms with Crippen LogP contribution < -0.4 is 11.3 Å². The van der Waals surface area contributed by atoms with Gasteiger partial charge >= 0.3 is 0 Å². The maximum atomic E-state index is 5.77. The number of hydrogen-bond donors (Lipinski definition) is 2. The Balaban J connectivity index is 2.88. The fraction of sp³-hybridized carbons (Fsp3) is 0.600. The van der Waals surface area contributed by atoms with E-state index in [9.17, 15) is 0 Å². The lowest BCUT2D eigenvalue weighted by atomic mass is 9.91. The summed E-state index contributed by atoms with van der Waals surface area (Å²) in [6.45, 7) is 8.98. The Hall–Kier alpha value is -0.900. The molecule has 0 aromatic heterocycles. The van der Waals surface area contributed by atoms with E-state index < -0.39 is 0 Å². The molecule has 3 nitrogen and oxygen atoms in total. The van der Waals surface area contributed by atoms with Gasteiger partial charge < -0.3 is 4.74 Å². The minimum atomic E-state index is -0.324. The number of benzene rings is 1. The minimum Gasteiger partial charge on any atom is -0.374 e. The summed E-state index contributed by atoms with van der Waals surface area (Å²) in [5.41, 5.74) is 5.08. The van der Waals surface area contributed by atoms with Gasteiger partial charge in [0.05, 0.1) is 11.6 Å². The number of ether oxygens (including phenoxy) is 1. The van der Waals surface area contributed by atoms with E-state index >= 15 is 0 Å². The van der Waals surface area contributed by atoms with Crippen molar-refractivity contribution in [3.05, 3.63) is 35.4 Å². The van der Waals surface area contributed by atoms with Gasteiger partial charge in [-0.15, -0.1) is 0 Å². The molecule has 0 heterocycles. The van der Waals surface area contributed by atoms with Crippen LogP contribution in [0.5, 0.6) is 0 Å². The van der Waals surface area contributed by atoms with Crippen molar-refractivity contribution in [3.8, 4) is 0 Å². The lowest BCUT2D eigenvalue weighted by molar-refractivity contribution is -0.0392. The number of nitrogens with one attached hydrogen (secondary N) is 1. The summed E-state index contributed by atoms with van der Waals surface area (Å²) in [5, 5.41) is 0. The predicted octanol–water partition coefficient (Wildman–Crippen LogP) is 2.96. The van der Waals surface area contributed by atoms with Crippen LogP contribution in [0.2, 0.25) is 0 Å². The number of hydrazine groups is 1. The highest BCUT2D eigenvalue weighted by molar-refractivity contribution is 5.26. The Kier molecular flexibility index (Phi) is 5.79. The van der Waals surface area contributed by atoms with Gasteiger partial charge in [-0.1, -0.05) is 37.6 Å².